The summed E-state index contributed by atoms with van der Waals surface area (Å²) >= 11 is 12.2. The average molecular weight is 450 g/mol. The van der Waals surface area contributed by atoms with E-state index in [4.69, 9.17) is 28.4 Å². The van der Waals surface area contributed by atoms with E-state index in [0.717, 1.165) is 24.2 Å². The van der Waals surface area contributed by atoms with E-state index in [2.05, 4.69) is 25.7 Å². The number of hydrogen-bond acceptors (Lipinski definition) is 7. The van der Waals surface area contributed by atoms with Gasteiger partial charge in [0.1, 0.15) is 5.02 Å². The molecule has 0 unspecified atom stereocenters. The van der Waals surface area contributed by atoms with Crippen LogP contribution >= 0.6 is 23.2 Å². The van der Waals surface area contributed by atoms with Crippen LogP contribution in [0.2, 0.25) is 10.0 Å². The Morgan fingerprint density at radius 3 is 2.77 bits per heavy atom. The van der Waals surface area contributed by atoms with E-state index in [-0.39, 0.29) is 5.91 Å². The van der Waals surface area contributed by atoms with Crippen LogP contribution in [-0.4, -0.2) is 30.9 Å². The summed E-state index contributed by atoms with van der Waals surface area (Å²) in [6.45, 7) is 0.714. The minimum absolute atomic E-state index is 0.307. The van der Waals surface area contributed by atoms with Crippen molar-refractivity contribution < 1.29 is 10.0 Å². The van der Waals surface area contributed by atoms with Crippen LogP contribution in [0.5, 0.6) is 0 Å². The zero-order valence-corrected chi connectivity index (χ0v) is 17.5. The maximum absolute atomic E-state index is 11.0. The minimum Gasteiger partial charge on any atom is -0.339 e. The van der Waals surface area contributed by atoms with Crippen LogP contribution in [0.15, 0.2) is 42.9 Å². The predicted molar refractivity (Wildman–Crippen MR) is 116 cm³/mol. The third-order valence-electron chi connectivity index (χ3n) is 4.14. The van der Waals surface area contributed by atoms with Crippen LogP contribution < -0.4 is 16.1 Å². The Morgan fingerprint density at radius 1 is 1.10 bits per heavy atom. The van der Waals surface area contributed by atoms with Crippen LogP contribution in [0, 0.1) is 0 Å². The average Bonchev–Trinajstić information content (AvgIpc) is 3.17. The lowest BCUT2D eigenvalue weighted by molar-refractivity contribution is -0.129. The highest BCUT2D eigenvalue weighted by Crippen LogP contribution is 2.26. The number of halogens is 2. The molecule has 0 radical (unpaired) electrons. The maximum atomic E-state index is 11.0. The van der Waals surface area contributed by atoms with Crippen molar-refractivity contribution in [3.8, 4) is 0 Å². The van der Waals surface area contributed by atoms with Gasteiger partial charge in [0.25, 0.3) is 0 Å². The van der Waals surface area contributed by atoms with Gasteiger partial charge in [-0.2, -0.15) is 10.1 Å². The van der Waals surface area contributed by atoms with E-state index >= 15 is 0 Å². The van der Waals surface area contributed by atoms with E-state index < -0.39 is 0 Å². The van der Waals surface area contributed by atoms with Crippen LogP contribution in [0.3, 0.4) is 0 Å². The summed E-state index contributed by atoms with van der Waals surface area (Å²) in [5.74, 6) is 0.460. The molecule has 0 aliphatic carbocycles. The summed E-state index contributed by atoms with van der Waals surface area (Å²) in [6.07, 6.45) is 7.78. The summed E-state index contributed by atoms with van der Waals surface area (Å²) in [5, 5.41) is 20.0. The highest BCUT2D eigenvalue weighted by atomic mass is 35.5. The number of carbonyl (C=O) groups is 1. The Bertz CT molecular complexity index is 997. The first-order valence-electron chi connectivity index (χ1n) is 9.31. The molecule has 0 saturated carbocycles. The van der Waals surface area contributed by atoms with Crippen LogP contribution in [0.25, 0.3) is 0 Å². The molecule has 0 fully saturated rings. The van der Waals surface area contributed by atoms with E-state index in [1.165, 1.54) is 6.20 Å². The van der Waals surface area contributed by atoms with Gasteiger partial charge >= 0.3 is 0 Å². The van der Waals surface area contributed by atoms with E-state index in [9.17, 15) is 4.79 Å². The monoisotopic (exact) mass is 449 g/mol. The molecule has 3 aromatic rings. The maximum Gasteiger partial charge on any atom is 0.243 e. The van der Waals surface area contributed by atoms with Gasteiger partial charge in [0, 0.05) is 29.9 Å². The van der Waals surface area contributed by atoms with Crippen molar-refractivity contribution in [2.45, 2.75) is 32.2 Å². The number of rotatable bonds is 10. The molecule has 0 saturated heterocycles. The van der Waals surface area contributed by atoms with Gasteiger partial charge in [0.05, 0.1) is 18.1 Å². The molecule has 4 N–H and O–H groups in total. The fraction of sp³-hybridized carbons (Fsp3) is 0.263. The SMILES string of the molecule is O=C(CCCCCn1cc(Nc2ncc(Cl)c(Nc3cccc(Cl)c3)n2)cn1)NO. The van der Waals surface area contributed by atoms with Gasteiger partial charge in [0.2, 0.25) is 11.9 Å². The van der Waals surface area contributed by atoms with Crippen molar-refractivity contribution in [3.63, 3.8) is 0 Å². The van der Waals surface area contributed by atoms with Crippen LogP contribution in [0.4, 0.5) is 23.1 Å². The van der Waals surface area contributed by atoms with Crippen molar-refractivity contribution in [1.29, 1.82) is 0 Å². The van der Waals surface area contributed by atoms with E-state index in [1.807, 2.05) is 18.3 Å². The number of unbranched alkanes of at least 4 members (excludes halogenated alkanes) is 2. The molecule has 0 aliphatic heterocycles. The highest BCUT2D eigenvalue weighted by Gasteiger charge is 2.08. The first kappa shape index (κ1) is 21.8. The molecule has 0 aliphatic rings. The van der Waals surface area contributed by atoms with Crippen molar-refractivity contribution in [3.05, 3.63) is 52.9 Å². The molecule has 2 aromatic heterocycles. The fourth-order valence-electron chi connectivity index (χ4n) is 2.69. The number of amides is 1. The largest absolute Gasteiger partial charge is 0.339 e. The molecular formula is C19H21Cl2N7O2. The highest BCUT2D eigenvalue weighted by molar-refractivity contribution is 6.33. The number of carbonyl (C=O) groups excluding carboxylic acids is 1. The Labute approximate surface area is 183 Å². The van der Waals surface area contributed by atoms with Crippen molar-refractivity contribution >= 4 is 52.3 Å². The zero-order valence-electron chi connectivity index (χ0n) is 16.0. The zero-order chi connectivity index (χ0) is 21.3. The lowest BCUT2D eigenvalue weighted by atomic mass is 10.2. The summed E-state index contributed by atoms with van der Waals surface area (Å²) in [7, 11) is 0. The van der Waals surface area contributed by atoms with Gasteiger partial charge in [-0.25, -0.2) is 10.5 Å². The summed E-state index contributed by atoms with van der Waals surface area (Å²) in [5.41, 5.74) is 3.13. The third kappa shape index (κ3) is 6.58. The smallest absolute Gasteiger partial charge is 0.243 e. The second kappa shape index (κ2) is 10.8. The Morgan fingerprint density at radius 2 is 1.97 bits per heavy atom. The fourth-order valence-corrected chi connectivity index (χ4v) is 3.02. The molecule has 1 amide bonds. The number of anilines is 4. The van der Waals surface area contributed by atoms with Crippen molar-refractivity contribution in [2.75, 3.05) is 10.6 Å². The van der Waals surface area contributed by atoms with Crippen molar-refractivity contribution in [2.24, 2.45) is 0 Å². The predicted octanol–water partition coefficient (Wildman–Crippen LogP) is 4.53. The molecule has 0 bridgehead atoms. The quantitative estimate of drug-likeness (QED) is 0.204. The molecule has 11 heteroatoms. The van der Waals surface area contributed by atoms with Crippen molar-refractivity contribution in [1.82, 2.24) is 25.2 Å². The summed E-state index contributed by atoms with van der Waals surface area (Å²) in [6, 6.07) is 7.24. The lowest BCUT2D eigenvalue weighted by Gasteiger charge is -2.09. The molecule has 0 atom stereocenters. The second-order valence-corrected chi connectivity index (χ2v) is 7.33. The summed E-state index contributed by atoms with van der Waals surface area (Å²) in [4.78, 5) is 19.6. The molecule has 30 heavy (non-hydrogen) atoms. The molecule has 0 spiro atoms. The normalized spacial score (nSPS) is 10.6. The second-order valence-electron chi connectivity index (χ2n) is 6.49. The number of nitrogens with zero attached hydrogens (tertiary/aromatic N) is 4. The lowest BCUT2D eigenvalue weighted by Crippen LogP contribution is -2.17. The molecule has 9 nitrogen and oxygen atoms in total. The molecule has 2 heterocycles. The summed E-state index contributed by atoms with van der Waals surface area (Å²) < 4.78 is 1.80. The topological polar surface area (TPSA) is 117 Å². The molecule has 1 aromatic carbocycles. The number of hydrogen-bond donors (Lipinski definition) is 4. The Kier molecular flexibility index (Phi) is 7.83. The van der Waals surface area contributed by atoms with E-state index in [1.54, 1.807) is 28.5 Å². The van der Waals surface area contributed by atoms with Gasteiger partial charge in [-0.05, 0) is 31.0 Å². The Balaban J connectivity index is 1.54. The minimum atomic E-state index is -0.368. The van der Waals surface area contributed by atoms with Crippen LogP contribution in [-0.2, 0) is 11.3 Å². The van der Waals surface area contributed by atoms with Gasteiger partial charge in [-0.15, -0.1) is 0 Å². The Hall–Kier alpha value is -2.88. The number of benzene rings is 1. The molecule has 158 valence electrons. The van der Waals surface area contributed by atoms with E-state index in [0.29, 0.717) is 41.2 Å². The van der Waals surface area contributed by atoms with Gasteiger partial charge in [-0.1, -0.05) is 35.7 Å². The molecule has 3 rings (SSSR count). The number of nitrogens with one attached hydrogen (secondary N) is 3. The first-order valence-corrected chi connectivity index (χ1v) is 10.1. The third-order valence-corrected chi connectivity index (χ3v) is 4.65. The standard InChI is InChI=1S/C19H21Cl2N7O2/c20-13-5-4-6-14(9-13)24-18-16(21)11-22-19(26-18)25-15-10-23-28(12-15)8-3-1-2-7-17(29)27-30/h4-6,9-12,30H,1-3,7-8H2,(H,27,29)(H2,22,24,25,26). The number of hydroxylamine groups is 1. The van der Waals surface area contributed by atoms with Gasteiger partial charge in [0.15, 0.2) is 5.82 Å². The van der Waals surface area contributed by atoms with Crippen LogP contribution in [0.1, 0.15) is 25.7 Å². The first-order chi connectivity index (χ1) is 14.5. The number of aryl methyl sites for hydroxylation is 1. The number of aromatic nitrogens is 4. The van der Waals surface area contributed by atoms with Gasteiger partial charge in [-0.3, -0.25) is 14.7 Å². The molecular weight excluding hydrogens is 429 g/mol. The van der Waals surface area contributed by atoms with Gasteiger partial charge < -0.3 is 10.6 Å².